The first-order chi connectivity index (χ1) is 8.62. The minimum Gasteiger partial charge on any atom is -0.497 e. The molecule has 0 aliphatic carbocycles. The minimum atomic E-state index is -0.356. The number of thioether (sulfide) groups is 1. The van der Waals surface area contributed by atoms with E-state index in [9.17, 15) is 4.79 Å². The van der Waals surface area contributed by atoms with E-state index in [-0.39, 0.29) is 17.1 Å². The topological polar surface area (TPSA) is 58.6 Å². The molecule has 18 heavy (non-hydrogen) atoms. The molecule has 0 fully saturated rings. The number of hydrogen-bond donors (Lipinski definition) is 2. The second-order valence-electron chi connectivity index (χ2n) is 4.08. The molecule has 0 spiro atoms. The lowest BCUT2D eigenvalue weighted by molar-refractivity contribution is -0.129. The number of benzene rings is 1. The van der Waals surface area contributed by atoms with Crippen molar-refractivity contribution in [2.45, 2.75) is 30.4 Å². The van der Waals surface area contributed by atoms with Gasteiger partial charge in [-0.1, -0.05) is 20.3 Å². The lowest BCUT2D eigenvalue weighted by Crippen LogP contribution is -2.34. The summed E-state index contributed by atoms with van der Waals surface area (Å²) in [7, 11) is 1.61. The Morgan fingerprint density at radius 2 is 2.06 bits per heavy atom. The summed E-state index contributed by atoms with van der Waals surface area (Å²) >= 11 is 1.45. The number of carbonyl (C=O) groups excluding carboxylic acids is 1. The Kier molecular flexibility index (Phi) is 6.01. The van der Waals surface area contributed by atoms with E-state index in [4.69, 9.17) is 9.94 Å². The van der Waals surface area contributed by atoms with Crippen molar-refractivity contribution in [2.75, 3.05) is 7.11 Å². The van der Waals surface area contributed by atoms with E-state index in [1.807, 2.05) is 38.1 Å². The van der Waals surface area contributed by atoms with Gasteiger partial charge in [0.05, 0.1) is 12.4 Å². The highest BCUT2D eigenvalue weighted by molar-refractivity contribution is 8.00. The van der Waals surface area contributed by atoms with Crippen LogP contribution in [0.4, 0.5) is 0 Å². The average Bonchev–Trinajstić information content (AvgIpc) is 2.43. The highest BCUT2D eigenvalue weighted by Crippen LogP contribution is 2.30. The van der Waals surface area contributed by atoms with E-state index in [2.05, 4.69) is 0 Å². The van der Waals surface area contributed by atoms with E-state index in [1.165, 1.54) is 11.8 Å². The van der Waals surface area contributed by atoms with Gasteiger partial charge in [-0.25, -0.2) is 5.48 Å². The first-order valence-corrected chi connectivity index (χ1v) is 6.75. The monoisotopic (exact) mass is 269 g/mol. The molecule has 0 saturated carbocycles. The molecule has 4 nitrogen and oxygen atoms in total. The highest BCUT2D eigenvalue weighted by atomic mass is 32.2. The molecule has 2 unspecified atom stereocenters. The van der Waals surface area contributed by atoms with Gasteiger partial charge in [0.1, 0.15) is 5.75 Å². The zero-order valence-corrected chi connectivity index (χ0v) is 11.7. The minimum absolute atomic E-state index is 0.184. The molecule has 0 saturated heterocycles. The van der Waals surface area contributed by atoms with E-state index in [0.717, 1.165) is 17.1 Å². The van der Waals surface area contributed by atoms with E-state index in [0.29, 0.717) is 0 Å². The first kappa shape index (κ1) is 14.9. The third-order valence-electron chi connectivity index (χ3n) is 2.85. The number of ether oxygens (including phenoxy) is 1. The van der Waals surface area contributed by atoms with Crippen LogP contribution in [-0.4, -0.2) is 23.5 Å². The van der Waals surface area contributed by atoms with Gasteiger partial charge >= 0.3 is 0 Å². The SMILES string of the molecule is CCC(C)C(Sc1ccc(OC)cc1)C(=O)NO. The predicted molar refractivity (Wildman–Crippen MR) is 72.0 cm³/mol. The molecule has 0 radical (unpaired) electrons. The molecule has 1 rings (SSSR count). The van der Waals surface area contributed by atoms with Gasteiger partial charge in [0, 0.05) is 4.90 Å². The molecule has 2 atom stereocenters. The molecular weight excluding hydrogens is 250 g/mol. The quantitative estimate of drug-likeness (QED) is 0.473. The smallest absolute Gasteiger partial charge is 0.257 e. The van der Waals surface area contributed by atoms with Crippen molar-refractivity contribution in [3.63, 3.8) is 0 Å². The standard InChI is InChI=1S/C13H19NO3S/c1-4-9(2)12(13(15)14-16)18-11-7-5-10(17-3)6-8-11/h5-9,12,16H,4H2,1-3H3,(H,14,15). The van der Waals surface area contributed by atoms with Crippen LogP contribution in [0.15, 0.2) is 29.2 Å². The summed E-state index contributed by atoms with van der Waals surface area (Å²) in [4.78, 5) is 12.6. The fourth-order valence-corrected chi connectivity index (χ4v) is 2.68. The third kappa shape index (κ3) is 3.92. The number of methoxy groups -OCH3 is 1. The number of hydroxylamine groups is 1. The normalized spacial score (nSPS) is 13.8. The highest BCUT2D eigenvalue weighted by Gasteiger charge is 2.24. The molecule has 0 aliphatic rings. The van der Waals surface area contributed by atoms with Crippen LogP contribution in [0.1, 0.15) is 20.3 Å². The summed E-state index contributed by atoms with van der Waals surface area (Å²) in [6.07, 6.45) is 0.876. The molecule has 0 heterocycles. The molecule has 2 N–H and O–H groups in total. The second-order valence-corrected chi connectivity index (χ2v) is 5.29. The molecule has 1 aromatic rings. The Labute approximate surface area is 112 Å². The van der Waals surface area contributed by atoms with Crippen molar-refractivity contribution in [3.8, 4) is 5.75 Å². The fourth-order valence-electron chi connectivity index (χ4n) is 1.51. The number of nitrogens with one attached hydrogen (secondary N) is 1. The van der Waals surface area contributed by atoms with Crippen LogP contribution in [0.2, 0.25) is 0 Å². The average molecular weight is 269 g/mol. The fraction of sp³-hybridized carbons (Fsp3) is 0.462. The van der Waals surface area contributed by atoms with Crippen LogP contribution in [0.25, 0.3) is 0 Å². The maximum atomic E-state index is 11.6. The summed E-state index contributed by atoms with van der Waals surface area (Å²) < 4.78 is 5.08. The van der Waals surface area contributed by atoms with Crippen molar-refractivity contribution in [3.05, 3.63) is 24.3 Å². The van der Waals surface area contributed by atoms with Gasteiger partial charge in [-0.3, -0.25) is 10.0 Å². The van der Waals surface area contributed by atoms with Crippen molar-refractivity contribution >= 4 is 17.7 Å². The molecule has 1 aromatic carbocycles. The van der Waals surface area contributed by atoms with Crippen LogP contribution in [-0.2, 0) is 4.79 Å². The molecule has 0 aliphatic heterocycles. The van der Waals surface area contributed by atoms with E-state index < -0.39 is 0 Å². The van der Waals surface area contributed by atoms with Crippen LogP contribution in [0, 0.1) is 5.92 Å². The predicted octanol–water partition coefficient (Wildman–Crippen LogP) is 2.71. The second kappa shape index (κ2) is 7.28. The summed E-state index contributed by atoms with van der Waals surface area (Å²) in [6.45, 7) is 4.02. The van der Waals surface area contributed by atoms with Gasteiger partial charge in [-0.15, -0.1) is 11.8 Å². The van der Waals surface area contributed by atoms with Crippen LogP contribution in [0.5, 0.6) is 5.75 Å². The Morgan fingerprint density at radius 3 is 2.50 bits per heavy atom. The van der Waals surface area contributed by atoms with Crippen LogP contribution >= 0.6 is 11.8 Å². The molecule has 0 aromatic heterocycles. The Hall–Kier alpha value is -1.20. The van der Waals surface area contributed by atoms with E-state index >= 15 is 0 Å². The van der Waals surface area contributed by atoms with Gasteiger partial charge in [-0.2, -0.15) is 0 Å². The first-order valence-electron chi connectivity index (χ1n) is 5.87. The largest absolute Gasteiger partial charge is 0.497 e. The number of rotatable bonds is 6. The number of hydrogen-bond acceptors (Lipinski definition) is 4. The molecule has 5 heteroatoms. The zero-order valence-electron chi connectivity index (χ0n) is 10.8. The Morgan fingerprint density at radius 1 is 1.44 bits per heavy atom. The Bertz CT molecular complexity index is 380. The van der Waals surface area contributed by atoms with Crippen molar-refractivity contribution < 1.29 is 14.7 Å². The van der Waals surface area contributed by atoms with Gasteiger partial charge in [0.2, 0.25) is 0 Å². The summed E-state index contributed by atoms with van der Waals surface area (Å²) in [6, 6.07) is 7.52. The summed E-state index contributed by atoms with van der Waals surface area (Å²) in [5.74, 6) is 0.612. The maximum Gasteiger partial charge on any atom is 0.257 e. The van der Waals surface area contributed by atoms with E-state index in [1.54, 1.807) is 12.6 Å². The zero-order chi connectivity index (χ0) is 13.5. The molecular formula is C13H19NO3S. The van der Waals surface area contributed by atoms with Crippen molar-refractivity contribution in [1.29, 1.82) is 0 Å². The van der Waals surface area contributed by atoms with Crippen LogP contribution in [0.3, 0.4) is 0 Å². The maximum absolute atomic E-state index is 11.6. The van der Waals surface area contributed by atoms with Crippen molar-refractivity contribution in [1.82, 2.24) is 5.48 Å². The summed E-state index contributed by atoms with van der Waals surface area (Å²) in [5, 5.41) is 8.48. The van der Waals surface area contributed by atoms with Crippen LogP contribution < -0.4 is 10.2 Å². The van der Waals surface area contributed by atoms with Gasteiger partial charge in [0.15, 0.2) is 0 Å². The molecule has 0 bridgehead atoms. The lowest BCUT2D eigenvalue weighted by atomic mass is 10.0. The Balaban J connectivity index is 2.78. The number of amides is 1. The van der Waals surface area contributed by atoms with Gasteiger partial charge in [0.25, 0.3) is 5.91 Å². The van der Waals surface area contributed by atoms with Gasteiger partial charge < -0.3 is 4.74 Å². The molecule has 100 valence electrons. The summed E-state index contributed by atoms with van der Waals surface area (Å²) in [5.41, 5.74) is 1.74. The van der Waals surface area contributed by atoms with Gasteiger partial charge in [-0.05, 0) is 30.2 Å². The molecule has 1 amide bonds. The third-order valence-corrected chi connectivity index (χ3v) is 4.33. The lowest BCUT2D eigenvalue weighted by Gasteiger charge is -2.20. The van der Waals surface area contributed by atoms with Crippen molar-refractivity contribution in [2.24, 2.45) is 5.92 Å². The number of carbonyl (C=O) groups is 1.